The van der Waals surface area contributed by atoms with Crippen LogP contribution in [-0.2, 0) is 12.8 Å². The van der Waals surface area contributed by atoms with Gasteiger partial charge in [-0.15, -0.1) is 0 Å². The lowest BCUT2D eigenvalue weighted by atomic mass is 9.85. The van der Waals surface area contributed by atoms with E-state index in [0.717, 1.165) is 42.2 Å². The van der Waals surface area contributed by atoms with Gasteiger partial charge in [-0.05, 0) is 25.7 Å². The summed E-state index contributed by atoms with van der Waals surface area (Å²) in [6.07, 6.45) is 8.42. The highest BCUT2D eigenvalue weighted by molar-refractivity contribution is 5.65. The Kier molecular flexibility index (Phi) is 3.25. The topological polar surface area (TPSA) is 66.0 Å². The van der Waals surface area contributed by atoms with E-state index in [1.54, 1.807) is 0 Å². The second-order valence-corrected chi connectivity index (χ2v) is 6.58. The largest absolute Gasteiger partial charge is 0.369 e. The van der Waals surface area contributed by atoms with Gasteiger partial charge in [-0.25, -0.2) is 4.98 Å². The monoisotopic (exact) mass is 295 g/mol. The van der Waals surface area contributed by atoms with Gasteiger partial charge in [-0.3, -0.25) is 0 Å². The lowest BCUT2D eigenvalue weighted by Gasteiger charge is -2.20. The van der Waals surface area contributed by atoms with Gasteiger partial charge in [0.25, 0.3) is 0 Å². The molecule has 1 saturated carbocycles. The van der Waals surface area contributed by atoms with Gasteiger partial charge in [0.05, 0.1) is 5.69 Å². The highest BCUT2D eigenvalue weighted by Crippen LogP contribution is 2.31. The van der Waals surface area contributed by atoms with Crippen molar-refractivity contribution in [2.45, 2.75) is 51.9 Å². The van der Waals surface area contributed by atoms with Crippen molar-refractivity contribution >= 4 is 11.5 Å². The first-order valence-electron chi connectivity index (χ1n) is 8.33. The molecule has 0 spiro atoms. The summed E-state index contributed by atoms with van der Waals surface area (Å²) in [5, 5.41) is 17.8. The molecule has 5 nitrogen and oxygen atoms in total. The molecule has 0 amide bonds. The van der Waals surface area contributed by atoms with Crippen LogP contribution in [-0.4, -0.2) is 21.1 Å². The van der Waals surface area contributed by atoms with E-state index >= 15 is 0 Å². The molecular formula is C17H21N5. The Balaban J connectivity index is 1.80. The number of hydrogen-bond donors (Lipinski definition) is 1. The van der Waals surface area contributed by atoms with E-state index in [2.05, 4.69) is 16.4 Å². The van der Waals surface area contributed by atoms with Crippen molar-refractivity contribution in [2.24, 2.45) is 5.92 Å². The van der Waals surface area contributed by atoms with Crippen LogP contribution < -0.4 is 5.32 Å². The fourth-order valence-electron chi connectivity index (χ4n) is 3.95. The van der Waals surface area contributed by atoms with E-state index in [-0.39, 0.29) is 0 Å². The summed E-state index contributed by atoms with van der Waals surface area (Å²) in [5.41, 5.74) is 4.59. The number of nitriles is 1. The lowest BCUT2D eigenvalue weighted by Crippen LogP contribution is -2.10. The molecule has 22 heavy (non-hydrogen) atoms. The third kappa shape index (κ3) is 2.06. The second-order valence-electron chi connectivity index (χ2n) is 6.58. The van der Waals surface area contributed by atoms with Crippen molar-refractivity contribution in [1.82, 2.24) is 14.6 Å². The molecule has 0 unspecified atom stereocenters. The first-order chi connectivity index (χ1) is 10.8. The third-order valence-electron chi connectivity index (χ3n) is 5.13. The number of fused-ring (bicyclic) bond motifs is 3. The van der Waals surface area contributed by atoms with E-state index in [1.165, 1.54) is 37.7 Å². The maximum absolute atomic E-state index is 9.61. The average Bonchev–Trinajstić information content (AvgIpc) is 3.13. The zero-order valence-corrected chi connectivity index (χ0v) is 13.0. The van der Waals surface area contributed by atoms with Crippen molar-refractivity contribution in [1.29, 1.82) is 5.26 Å². The Labute approximate surface area is 130 Å². The fourth-order valence-corrected chi connectivity index (χ4v) is 3.95. The highest BCUT2D eigenvalue weighted by atomic mass is 15.3. The summed E-state index contributed by atoms with van der Waals surface area (Å²) in [5.74, 6) is 1.71. The summed E-state index contributed by atoms with van der Waals surface area (Å²) >= 11 is 0. The Hall–Kier alpha value is -2.09. The van der Waals surface area contributed by atoms with Crippen LogP contribution in [0.4, 0.5) is 5.82 Å². The second kappa shape index (κ2) is 5.28. The highest BCUT2D eigenvalue weighted by Gasteiger charge is 2.25. The van der Waals surface area contributed by atoms with E-state index in [4.69, 9.17) is 5.10 Å². The van der Waals surface area contributed by atoms with Crippen molar-refractivity contribution < 1.29 is 0 Å². The van der Waals surface area contributed by atoms with Crippen molar-refractivity contribution in [3.05, 3.63) is 22.5 Å². The number of aryl methyl sites for hydroxylation is 1. The molecule has 1 aliphatic carbocycles. The molecule has 4 rings (SSSR count). The first kappa shape index (κ1) is 13.6. The Morgan fingerprint density at radius 2 is 2.14 bits per heavy atom. The molecule has 2 aromatic heterocycles. The standard InChI is InChI=1S/C17H21N5/c1-11-13-7-8-19-16(13)22-17(20-11)14(10-18)15(21-22)9-12-5-3-2-4-6-12/h12,19H,2-9H2,1H3. The molecule has 1 fully saturated rings. The minimum atomic E-state index is 0.671. The van der Waals surface area contributed by atoms with Crippen molar-refractivity contribution in [3.8, 4) is 6.07 Å². The summed E-state index contributed by atoms with van der Waals surface area (Å²) in [7, 11) is 0. The van der Waals surface area contributed by atoms with Crippen LogP contribution in [0.3, 0.4) is 0 Å². The van der Waals surface area contributed by atoms with E-state index in [0.29, 0.717) is 11.5 Å². The maximum atomic E-state index is 9.61. The molecule has 5 heteroatoms. The predicted molar refractivity (Wildman–Crippen MR) is 84.9 cm³/mol. The van der Waals surface area contributed by atoms with Crippen molar-refractivity contribution in [3.63, 3.8) is 0 Å². The zero-order chi connectivity index (χ0) is 15.1. The molecule has 1 aliphatic heterocycles. The molecule has 0 aromatic carbocycles. The molecule has 2 aliphatic rings. The van der Waals surface area contributed by atoms with Gasteiger partial charge < -0.3 is 5.32 Å². The van der Waals surface area contributed by atoms with Crippen LogP contribution in [0.1, 0.15) is 54.6 Å². The van der Waals surface area contributed by atoms with Gasteiger partial charge in [0, 0.05) is 17.8 Å². The van der Waals surface area contributed by atoms with Gasteiger partial charge >= 0.3 is 0 Å². The summed E-state index contributed by atoms with van der Waals surface area (Å²) < 4.78 is 1.87. The molecule has 1 N–H and O–H groups in total. The van der Waals surface area contributed by atoms with Crippen molar-refractivity contribution in [2.75, 3.05) is 11.9 Å². The number of rotatable bonds is 2. The summed E-state index contributed by atoms with van der Waals surface area (Å²) in [6.45, 7) is 2.96. The van der Waals surface area contributed by atoms with Crippen LogP contribution in [0.25, 0.3) is 5.65 Å². The molecule has 3 heterocycles. The minimum absolute atomic E-state index is 0.671. The Morgan fingerprint density at radius 3 is 2.91 bits per heavy atom. The van der Waals surface area contributed by atoms with Crippen LogP contribution in [0.15, 0.2) is 0 Å². The minimum Gasteiger partial charge on any atom is -0.369 e. The van der Waals surface area contributed by atoms with E-state index in [1.807, 2.05) is 11.4 Å². The molecule has 2 aromatic rings. The predicted octanol–water partition coefficient (Wildman–Crippen LogP) is 3.00. The quantitative estimate of drug-likeness (QED) is 0.925. The number of hydrogen-bond acceptors (Lipinski definition) is 4. The van der Waals surface area contributed by atoms with Gasteiger partial charge in [-0.1, -0.05) is 32.1 Å². The molecule has 0 radical (unpaired) electrons. The molecule has 0 saturated heterocycles. The Morgan fingerprint density at radius 1 is 1.32 bits per heavy atom. The smallest absolute Gasteiger partial charge is 0.175 e. The lowest BCUT2D eigenvalue weighted by molar-refractivity contribution is 0.354. The molecule has 0 atom stereocenters. The summed E-state index contributed by atoms with van der Waals surface area (Å²) in [4.78, 5) is 4.67. The normalized spacial score (nSPS) is 18.2. The van der Waals surface area contributed by atoms with Crippen LogP contribution in [0.5, 0.6) is 0 Å². The van der Waals surface area contributed by atoms with E-state index < -0.39 is 0 Å². The average molecular weight is 295 g/mol. The first-order valence-corrected chi connectivity index (χ1v) is 8.33. The Bertz CT molecular complexity index is 762. The van der Waals surface area contributed by atoms with Gasteiger partial charge in [0.1, 0.15) is 17.5 Å². The zero-order valence-electron chi connectivity index (χ0n) is 13.0. The maximum Gasteiger partial charge on any atom is 0.175 e. The molecule has 114 valence electrons. The fraction of sp³-hybridized carbons (Fsp3) is 0.588. The number of nitrogens with one attached hydrogen (secondary N) is 1. The van der Waals surface area contributed by atoms with Gasteiger partial charge in [0.2, 0.25) is 0 Å². The molecule has 0 bridgehead atoms. The number of aromatic nitrogens is 3. The van der Waals surface area contributed by atoms with Crippen LogP contribution in [0, 0.1) is 24.2 Å². The van der Waals surface area contributed by atoms with Crippen LogP contribution in [0.2, 0.25) is 0 Å². The summed E-state index contributed by atoms with van der Waals surface area (Å²) in [6, 6.07) is 2.35. The SMILES string of the molecule is Cc1nc2c(C#N)c(CC3CCCCC3)nn2c2c1CCN2. The molecular weight excluding hydrogens is 274 g/mol. The van der Waals surface area contributed by atoms with Crippen LogP contribution >= 0.6 is 0 Å². The number of anilines is 1. The number of nitrogens with zero attached hydrogens (tertiary/aromatic N) is 4. The van der Waals surface area contributed by atoms with Gasteiger partial charge in [-0.2, -0.15) is 14.9 Å². The third-order valence-corrected chi connectivity index (χ3v) is 5.13. The van der Waals surface area contributed by atoms with Gasteiger partial charge in [0.15, 0.2) is 5.65 Å². The van der Waals surface area contributed by atoms with E-state index in [9.17, 15) is 5.26 Å².